The Morgan fingerprint density at radius 3 is 2.61 bits per heavy atom. The summed E-state index contributed by atoms with van der Waals surface area (Å²) in [6.07, 6.45) is 12.5. The summed E-state index contributed by atoms with van der Waals surface area (Å²) in [6.45, 7) is 1.10. The maximum Gasteiger partial charge on any atom is 0.251 e. The molecular formula is C26H28N6O5S. The van der Waals surface area contributed by atoms with Gasteiger partial charge in [-0.05, 0) is 43.0 Å². The lowest BCUT2D eigenvalue weighted by atomic mass is 9.93. The van der Waals surface area contributed by atoms with Gasteiger partial charge in [-0.15, -0.1) is 0 Å². The van der Waals surface area contributed by atoms with Crippen molar-refractivity contribution in [1.82, 2.24) is 29.7 Å². The van der Waals surface area contributed by atoms with Crippen LogP contribution in [-0.2, 0) is 14.6 Å². The lowest BCUT2D eigenvalue weighted by Crippen LogP contribution is -2.18. The van der Waals surface area contributed by atoms with E-state index in [9.17, 15) is 13.2 Å². The fourth-order valence-corrected chi connectivity index (χ4v) is 5.41. The summed E-state index contributed by atoms with van der Waals surface area (Å²) in [5, 5.41) is 11.6. The largest absolute Gasteiger partial charge is 0.471 e. The van der Waals surface area contributed by atoms with Crippen molar-refractivity contribution < 1.29 is 22.7 Å². The van der Waals surface area contributed by atoms with Gasteiger partial charge < -0.3 is 14.8 Å². The van der Waals surface area contributed by atoms with Crippen LogP contribution in [-0.4, -0.2) is 71.3 Å². The number of amides is 1. The highest BCUT2D eigenvalue weighted by Crippen LogP contribution is 2.36. The van der Waals surface area contributed by atoms with E-state index >= 15 is 0 Å². The molecular weight excluding hydrogens is 508 g/mol. The maximum absolute atomic E-state index is 12.4. The van der Waals surface area contributed by atoms with Gasteiger partial charge in [-0.25, -0.2) is 12.9 Å². The van der Waals surface area contributed by atoms with Gasteiger partial charge in [0.2, 0.25) is 5.88 Å². The van der Waals surface area contributed by atoms with Crippen molar-refractivity contribution in [3.05, 3.63) is 48.5 Å². The number of hydrogen-bond acceptors (Lipinski definition) is 8. The Hall–Kier alpha value is -3.77. The molecule has 1 aliphatic heterocycles. The minimum Gasteiger partial charge on any atom is -0.471 e. The molecule has 4 heterocycles. The van der Waals surface area contributed by atoms with Gasteiger partial charge in [0.25, 0.3) is 5.91 Å². The van der Waals surface area contributed by atoms with E-state index in [4.69, 9.17) is 14.5 Å². The van der Waals surface area contributed by atoms with Crippen molar-refractivity contribution in [2.75, 3.05) is 26.5 Å². The molecule has 0 bridgehead atoms. The number of benzene rings is 1. The zero-order valence-electron chi connectivity index (χ0n) is 21.1. The fourth-order valence-electron chi connectivity index (χ4n) is 4.72. The lowest BCUT2D eigenvalue weighted by molar-refractivity contribution is 0.0963. The molecule has 198 valence electrons. The average Bonchev–Trinajstić information content (AvgIpc) is 3.63. The summed E-state index contributed by atoms with van der Waals surface area (Å²) in [5.74, 6) is 0.0332. The molecule has 1 aliphatic carbocycles. The third-order valence-electron chi connectivity index (χ3n) is 7.12. The standard InChI is InChI=1S/C26H28N6O5S/c1-27-25(33)17-8-16(9-21(10-17)38(2,34)35)22-12-29-32-14-23(18-11-28-31(13-18)19-4-3-5-19)26(30-24(22)32)37-20-6-7-36-15-20/h8-14,19-20H,3-7,15H2,1-2H3,(H,27,33)/t20-/m0/s1. The smallest absolute Gasteiger partial charge is 0.251 e. The zero-order chi connectivity index (χ0) is 26.4. The Labute approximate surface area is 219 Å². The number of ether oxygens (including phenoxy) is 2. The SMILES string of the molecule is CNC(=O)c1cc(-c2cnn3cc(-c4cnn(C5CCC5)c4)c(O[C@H]4CCOC4)nc23)cc(S(C)(=O)=O)c1. The van der Waals surface area contributed by atoms with Crippen LogP contribution in [0.5, 0.6) is 5.88 Å². The van der Waals surface area contributed by atoms with Gasteiger partial charge in [0, 0.05) is 48.8 Å². The number of aromatic nitrogens is 5. The monoisotopic (exact) mass is 536 g/mol. The van der Waals surface area contributed by atoms with Gasteiger partial charge in [0.05, 0.1) is 42.1 Å². The van der Waals surface area contributed by atoms with E-state index < -0.39 is 15.7 Å². The van der Waals surface area contributed by atoms with Crippen molar-refractivity contribution >= 4 is 21.4 Å². The molecule has 1 amide bonds. The number of fused-ring (bicyclic) bond motifs is 1. The molecule has 4 aromatic rings. The van der Waals surface area contributed by atoms with Crippen LogP contribution in [0.25, 0.3) is 27.9 Å². The van der Waals surface area contributed by atoms with Crippen LogP contribution < -0.4 is 10.1 Å². The summed E-state index contributed by atoms with van der Waals surface area (Å²) in [6, 6.07) is 4.95. The van der Waals surface area contributed by atoms with E-state index in [1.165, 1.54) is 25.6 Å². The summed E-state index contributed by atoms with van der Waals surface area (Å²) in [4.78, 5) is 17.3. The first-order valence-corrected chi connectivity index (χ1v) is 14.4. The minimum atomic E-state index is -3.58. The van der Waals surface area contributed by atoms with E-state index in [2.05, 4.69) is 15.5 Å². The number of sulfone groups is 1. The highest BCUT2D eigenvalue weighted by molar-refractivity contribution is 7.90. The molecule has 12 heteroatoms. The van der Waals surface area contributed by atoms with Gasteiger partial charge in [-0.2, -0.15) is 15.2 Å². The predicted octanol–water partition coefficient (Wildman–Crippen LogP) is 2.92. The number of rotatable bonds is 7. The van der Waals surface area contributed by atoms with Gasteiger partial charge in [0.1, 0.15) is 6.10 Å². The van der Waals surface area contributed by atoms with E-state index in [0.29, 0.717) is 41.9 Å². The molecule has 2 fully saturated rings. The fraction of sp³-hybridized carbons (Fsp3) is 0.385. The van der Waals surface area contributed by atoms with Crippen molar-refractivity contribution in [1.29, 1.82) is 0 Å². The predicted molar refractivity (Wildman–Crippen MR) is 139 cm³/mol. The molecule has 0 spiro atoms. The molecule has 11 nitrogen and oxygen atoms in total. The van der Waals surface area contributed by atoms with E-state index in [-0.39, 0.29) is 16.6 Å². The molecule has 1 aromatic carbocycles. The van der Waals surface area contributed by atoms with Crippen LogP contribution in [0.3, 0.4) is 0 Å². The third-order valence-corrected chi connectivity index (χ3v) is 8.21. The summed E-state index contributed by atoms with van der Waals surface area (Å²) >= 11 is 0. The number of hydrogen-bond donors (Lipinski definition) is 1. The van der Waals surface area contributed by atoms with Crippen LogP contribution >= 0.6 is 0 Å². The van der Waals surface area contributed by atoms with Gasteiger partial charge >= 0.3 is 0 Å². The average molecular weight is 537 g/mol. The van der Waals surface area contributed by atoms with Gasteiger partial charge in [0.15, 0.2) is 15.5 Å². The number of carbonyl (C=O) groups excluding carboxylic acids is 1. The first-order chi connectivity index (χ1) is 18.3. The second kappa shape index (κ2) is 9.52. The number of nitrogens with zero attached hydrogens (tertiary/aromatic N) is 5. The summed E-state index contributed by atoms with van der Waals surface area (Å²) in [7, 11) is -2.08. The molecule has 3 aromatic heterocycles. The van der Waals surface area contributed by atoms with Crippen molar-refractivity contribution in [2.24, 2.45) is 0 Å². The molecule has 1 saturated heterocycles. The Bertz CT molecular complexity index is 1630. The van der Waals surface area contributed by atoms with E-state index in [1.54, 1.807) is 16.8 Å². The summed E-state index contributed by atoms with van der Waals surface area (Å²) in [5.41, 5.74) is 3.41. The Balaban J connectivity index is 1.49. The van der Waals surface area contributed by atoms with E-state index in [1.807, 2.05) is 23.3 Å². The Morgan fingerprint density at radius 1 is 1.08 bits per heavy atom. The second-order valence-electron chi connectivity index (χ2n) is 9.78. The maximum atomic E-state index is 12.4. The van der Waals surface area contributed by atoms with Gasteiger partial charge in [-0.3, -0.25) is 9.48 Å². The minimum absolute atomic E-state index is 0.0348. The second-order valence-corrected chi connectivity index (χ2v) is 11.8. The quantitative estimate of drug-likeness (QED) is 0.382. The molecule has 0 radical (unpaired) electrons. The van der Waals surface area contributed by atoms with Crippen LogP contribution in [0.1, 0.15) is 42.1 Å². The Morgan fingerprint density at radius 2 is 1.92 bits per heavy atom. The van der Waals surface area contributed by atoms with Crippen molar-refractivity contribution in [3.63, 3.8) is 0 Å². The van der Waals surface area contributed by atoms with E-state index in [0.717, 1.165) is 36.6 Å². The molecule has 1 saturated carbocycles. The molecule has 2 aliphatic rings. The van der Waals surface area contributed by atoms with Crippen molar-refractivity contribution in [2.45, 2.75) is 42.7 Å². The van der Waals surface area contributed by atoms with Crippen LogP contribution in [0, 0.1) is 0 Å². The lowest BCUT2D eigenvalue weighted by Gasteiger charge is -2.25. The normalized spacial score (nSPS) is 18.0. The van der Waals surface area contributed by atoms with Crippen LogP contribution in [0.2, 0.25) is 0 Å². The first-order valence-electron chi connectivity index (χ1n) is 12.5. The van der Waals surface area contributed by atoms with Crippen LogP contribution in [0.15, 0.2) is 47.9 Å². The first kappa shape index (κ1) is 24.6. The highest BCUT2D eigenvalue weighted by atomic mass is 32.2. The van der Waals surface area contributed by atoms with Gasteiger partial charge in [-0.1, -0.05) is 0 Å². The van der Waals surface area contributed by atoms with Crippen molar-refractivity contribution in [3.8, 4) is 28.1 Å². The topological polar surface area (TPSA) is 130 Å². The molecule has 6 rings (SSSR count). The molecule has 1 atom stereocenters. The highest BCUT2D eigenvalue weighted by Gasteiger charge is 2.25. The molecule has 38 heavy (non-hydrogen) atoms. The third kappa shape index (κ3) is 4.54. The number of nitrogens with one attached hydrogen (secondary N) is 1. The zero-order valence-corrected chi connectivity index (χ0v) is 21.9. The summed E-state index contributed by atoms with van der Waals surface area (Å²) < 4.78 is 40.3. The number of carbonyl (C=O) groups is 1. The Kier molecular flexibility index (Phi) is 6.15. The molecule has 1 N–H and O–H groups in total. The molecule has 0 unspecified atom stereocenters. The van der Waals surface area contributed by atoms with Crippen LogP contribution in [0.4, 0.5) is 0 Å².